The van der Waals surface area contributed by atoms with Crippen molar-refractivity contribution in [2.75, 3.05) is 25.0 Å². The topological polar surface area (TPSA) is 107 Å². The first-order valence-corrected chi connectivity index (χ1v) is 8.56. The minimum Gasteiger partial charge on any atom is -0.473 e. The van der Waals surface area contributed by atoms with Gasteiger partial charge in [0.1, 0.15) is 0 Å². The summed E-state index contributed by atoms with van der Waals surface area (Å²) in [6.07, 6.45) is 6.78. The molecule has 1 aromatic rings. The molecule has 0 aromatic heterocycles. The van der Waals surface area contributed by atoms with Gasteiger partial charge >= 0.3 is 11.9 Å². The van der Waals surface area contributed by atoms with Crippen LogP contribution in [0.1, 0.15) is 36.8 Å². The molecule has 0 radical (unpaired) electrons. The maximum atomic E-state index is 11.9. The van der Waals surface area contributed by atoms with Crippen LogP contribution in [0.4, 0.5) is 5.69 Å². The van der Waals surface area contributed by atoms with Gasteiger partial charge in [0, 0.05) is 18.7 Å². The van der Waals surface area contributed by atoms with Crippen molar-refractivity contribution in [3.8, 4) is 0 Å². The summed E-state index contributed by atoms with van der Waals surface area (Å²) in [6, 6.07) is 6.35. The molecule has 3 rings (SSSR count). The standard InChI is InChI=1S/C16H22N2O.C2H2O4/c19-16(8-11-18-9-1-2-10-18)17-15-7-6-13-4-3-5-14(13)12-15;3-1(4)2(5)6/h6-7,12H,1-5,8-11H2,(H,17,19);(H,3,4)(H,5,6). The Labute approximate surface area is 146 Å². The van der Waals surface area contributed by atoms with E-state index in [-0.39, 0.29) is 5.91 Å². The summed E-state index contributed by atoms with van der Waals surface area (Å²) >= 11 is 0. The third kappa shape index (κ3) is 6.19. The van der Waals surface area contributed by atoms with E-state index in [1.807, 2.05) is 6.07 Å². The first kappa shape index (κ1) is 18.9. The highest BCUT2D eigenvalue weighted by atomic mass is 16.4. The highest BCUT2D eigenvalue weighted by Gasteiger charge is 2.14. The second-order valence-electron chi connectivity index (χ2n) is 6.29. The lowest BCUT2D eigenvalue weighted by Crippen LogP contribution is -2.25. The number of nitrogens with zero attached hydrogens (tertiary/aromatic N) is 1. The molecule has 7 heteroatoms. The van der Waals surface area contributed by atoms with Crippen molar-refractivity contribution in [3.63, 3.8) is 0 Å². The number of carboxylic acids is 2. The lowest BCUT2D eigenvalue weighted by Gasteiger charge is -2.14. The lowest BCUT2D eigenvalue weighted by molar-refractivity contribution is -0.159. The molecular weight excluding hydrogens is 324 g/mol. The molecule has 25 heavy (non-hydrogen) atoms. The van der Waals surface area contributed by atoms with Gasteiger partial charge in [0.25, 0.3) is 0 Å². The van der Waals surface area contributed by atoms with Gasteiger partial charge in [-0.3, -0.25) is 4.79 Å². The van der Waals surface area contributed by atoms with Crippen molar-refractivity contribution in [2.24, 2.45) is 0 Å². The van der Waals surface area contributed by atoms with Crippen LogP contribution in [0.2, 0.25) is 0 Å². The Bertz CT molecular complexity index is 626. The van der Waals surface area contributed by atoms with Gasteiger partial charge in [-0.2, -0.15) is 0 Å². The van der Waals surface area contributed by atoms with Crippen LogP contribution in [0.5, 0.6) is 0 Å². The van der Waals surface area contributed by atoms with Gasteiger partial charge in [0.05, 0.1) is 0 Å². The second kappa shape index (κ2) is 9.17. The Morgan fingerprint density at radius 3 is 2.24 bits per heavy atom. The summed E-state index contributed by atoms with van der Waals surface area (Å²) in [5.41, 5.74) is 3.83. The number of benzene rings is 1. The number of amides is 1. The molecule has 7 nitrogen and oxygen atoms in total. The van der Waals surface area contributed by atoms with Crippen LogP contribution in [0.3, 0.4) is 0 Å². The third-order valence-electron chi connectivity index (χ3n) is 4.42. The molecule has 1 aliphatic carbocycles. The maximum absolute atomic E-state index is 11.9. The molecule has 0 bridgehead atoms. The van der Waals surface area contributed by atoms with Crippen molar-refractivity contribution >= 4 is 23.5 Å². The molecule has 1 heterocycles. The van der Waals surface area contributed by atoms with E-state index in [1.54, 1.807) is 0 Å². The summed E-state index contributed by atoms with van der Waals surface area (Å²) < 4.78 is 0. The van der Waals surface area contributed by atoms with Crippen LogP contribution < -0.4 is 5.32 Å². The van der Waals surface area contributed by atoms with Crippen LogP contribution in [0.25, 0.3) is 0 Å². The smallest absolute Gasteiger partial charge is 0.414 e. The fourth-order valence-corrected chi connectivity index (χ4v) is 3.14. The van der Waals surface area contributed by atoms with E-state index in [1.165, 1.54) is 36.8 Å². The quantitative estimate of drug-likeness (QED) is 0.716. The van der Waals surface area contributed by atoms with Crippen molar-refractivity contribution < 1.29 is 24.6 Å². The lowest BCUT2D eigenvalue weighted by atomic mass is 10.1. The normalized spacial score (nSPS) is 15.8. The number of aliphatic carboxylic acids is 2. The molecule has 136 valence electrons. The highest BCUT2D eigenvalue weighted by molar-refractivity contribution is 6.27. The number of anilines is 1. The first-order chi connectivity index (χ1) is 12.0. The number of hydrogen-bond acceptors (Lipinski definition) is 4. The zero-order valence-electron chi connectivity index (χ0n) is 14.2. The van der Waals surface area contributed by atoms with E-state index >= 15 is 0 Å². The monoisotopic (exact) mass is 348 g/mol. The van der Waals surface area contributed by atoms with Crippen molar-refractivity contribution in [2.45, 2.75) is 38.5 Å². The van der Waals surface area contributed by atoms with Crippen LogP contribution in [0, 0.1) is 0 Å². The molecule has 0 atom stereocenters. The fraction of sp³-hybridized carbons (Fsp3) is 0.500. The van der Waals surface area contributed by atoms with Crippen molar-refractivity contribution in [3.05, 3.63) is 29.3 Å². The Balaban J connectivity index is 0.000000326. The molecule has 2 aliphatic rings. The molecule has 0 unspecified atom stereocenters. The zero-order chi connectivity index (χ0) is 18.2. The summed E-state index contributed by atoms with van der Waals surface area (Å²) in [5.74, 6) is -3.50. The van der Waals surface area contributed by atoms with Gasteiger partial charge in [-0.1, -0.05) is 6.07 Å². The van der Waals surface area contributed by atoms with E-state index in [0.717, 1.165) is 31.7 Å². The average Bonchev–Trinajstić information content (AvgIpc) is 3.24. The minimum atomic E-state index is -1.82. The van der Waals surface area contributed by atoms with Gasteiger partial charge in [0.2, 0.25) is 5.91 Å². The van der Waals surface area contributed by atoms with E-state index in [2.05, 4.69) is 22.3 Å². The van der Waals surface area contributed by atoms with Crippen molar-refractivity contribution in [1.29, 1.82) is 0 Å². The molecule has 3 N–H and O–H groups in total. The molecule has 1 saturated heterocycles. The van der Waals surface area contributed by atoms with Crippen molar-refractivity contribution in [1.82, 2.24) is 4.90 Å². The number of hydrogen-bond donors (Lipinski definition) is 3. The van der Waals surface area contributed by atoms with E-state index < -0.39 is 11.9 Å². The van der Waals surface area contributed by atoms with E-state index in [0.29, 0.717) is 6.42 Å². The average molecular weight is 348 g/mol. The molecule has 0 spiro atoms. The van der Waals surface area contributed by atoms with Crippen LogP contribution >= 0.6 is 0 Å². The van der Waals surface area contributed by atoms with Crippen LogP contribution in [0.15, 0.2) is 18.2 Å². The van der Waals surface area contributed by atoms with Gasteiger partial charge in [0.15, 0.2) is 0 Å². The number of carboxylic acid groups (broad SMARTS) is 2. The molecular formula is C18H24N2O5. The molecule has 1 aromatic carbocycles. The molecule has 1 fully saturated rings. The molecule has 1 amide bonds. The Hall–Kier alpha value is -2.41. The highest BCUT2D eigenvalue weighted by Crippen LogP contribution is 2.24. The van der Waals surface area contributed by atoms with E-state index in [9.17, 15) is 4.79 Å². The zero-order valence-corrected chi connectivity index (χ0v) is 14.2. The SMILES string of the molecule is O=C(CCN1CCCC1)Nc1ccc2c(c1)CCC2.O=C(O)C(=O)O. The number of aryl methyl sites for hydroxylation is 2. The number of carbonyl (C=O) groups is 3. The largest absolute Gasteiger partial charge is 0.473 e. The summed E-state index contributed by atoms with van der Waals surface area (Å²) in [6.45, 7) is 3.22. The minimum absolute atomic E-state index is 0.143. The number of carbonyl (C=O) groups excluding carboxylic acids is 1. The number of rotatable bonds is 4. The molecule has 0 saturated carbocycles. The summed E-state index contributed by atoms with van der Waals surface area (Å²) in [4.78, 5) is 32.5. The van der Waals surface area contributed by atoms with Gasteiger partial charge in [-0.25, -0.2) is 9.59 Å². The third-order valence-corrected chi connectivity index (χ3v) is 4.42. The number of likely N-dealkylation sites (tertiary alicyclic amines) is 1. The van der Waals surface area contributed by atoms with Crippen LogP contribution in [-0.4, -0.2) is 52.6 Å². The summed E-state index contributed by atoms with van der Waals surface area (Å²) in [7, 11) is 0. The second-order valence-corrected chi connectivity index (χ2v) is 6.29. The van der Waals surface area contributed by atoms with Gasteiger partial charge in [-0.15, -0.1) is 0 Å². The van der Waals surface area contributed by atoms with E-state index in [4.69, 9.17) is 19.8 Å². The Kier molecular flexibility index (Phi) is 6.94. The Morgan fingerprint density at radius 1 is 0.960 bits per heavy atom. The molecule has 1 aliphatic heterocycles. The predicted octanol–water partition coefficient (Wildman–Crippen LogP) is 1.76. The van der Waals surface area contributed by atoms with Gasteiger partial charge < -0.3 is 20.4 Å². The van der Waals surface area contributed by atoms with Crippen LogP contribution in [-0.2, 0) is 27.2 Å². The maximum Gasteiger partial charge on any atom is 0.414 e. The number of fused-ring (bicyclic) bond motifs is 1. The van der Waals surface area contributed by atoms with Gasteiger partial charge in [-0.05, 0) is 68.5 Å². The first-order valence-electron chi connectivity index (χ1n) is 8.56. The predicted molar refractivity (Wildman–Crippen MR) is 92.7 cm³/mol. The number of nitrogens with one attached hydrogen (secondary N) is 1. The fourth-order valence-electron chi connectivity index (χ4n) is 3.14. The summed E-state index contributed by atoms with van der Waals surface area (Å²) in [5, 5.41) is 17.8. The Morgan fingerprint density at radius 2 is 1.60 bits per heavy atom.